The largest absolute Gasteiger partial charge is 0.872 e. The van der Waals surface area contributed by atoms with Gasteiger partial charge in [-0.05, 0) is 43.2 Å². The molecule has 3 aromatic rings. The van der Waals surface area contributed by atoms with Gasteiger partial charge in [0.1, 0.15) is 18.0 Å². The van der Waals surface area contributed by atoms with Crippen LogP contribution in [0, 0.1) is 0 Å². The summed E-state index contributed by atoms with van der Waals surface area (Å²) in [6.07, 6.45) is 8.19. The van der Waals surface area contributed by atoms with E-state index in [0.29, 0.717) is 23.4 Å². The third-order valence-electron chi connectivity index (χ3n) is 6.61. The van der Waals surface area contributed by atoms with Crippen molar-refractivity contribution in [3.05, 3.63) is 59.0 Å². The number of unbranched alkanes of at least 4 members (excludes halogenated alkanes) is 2. The third-order valence-corrected chi connectivity index (χ3v) is 6.61. The van der Waals surface area contributed by atoms with Crippen molar-refractivity contribution in [1.82, 2.24) is 4.57 Å². The average Bonchev–Trinajstić information content (AvgIpc) is 3.33. The van der Waals surface area contributed by atoms with Crippen molar-refractivity contribution in [2.45, 2.75) is 46.1 Å². The van der Waals surface area contributed by atoms with E-state index in [2.05, 4.69) is 13.8 Å². The van der Waals surface area contributed by atoms with Gasteiger partial charge in [-0.3, -0.25) is 4.79 Å². The first-order chi connectivity index (χ1) is 16.5. The third kappa shape index (κ3) is 4.68. The fourth-order valence-electron chi connectivity index (χ4n) is 4.65. The molecule has 0 amide bonds. The summed E-state index contributed by atoms with van der Waals surface area (Å²) in [5.74, 6) is 1.20. The van der Waals surface area contributed by atoms with Gasteiger partial charge in [-0.25, -0.2) is 0 Å². The normalized spacial score (nSPS) is 14.3. The molecule has 1 aliphatic heterocycles. The molecule has 6 heteroatoms. The smallest absolute Gasteiger partial charge is 0.231 e. The lowest BCUT2D eigenvalue weighted by Gasteiger charge is -2.23. The lowest BCUT2D eigenvalue weighted by Crippen LogP contribution is -3.10. The summed E-state index contributed by atoms with van der Waals surface area (Å²) >= 11 is 0. The average molecular weight is 463 g/mol. The molecule has 0 fully saturated rings. The summed E-state index contributed by atoms with van der Waals surface area (Å²) in [6, 6.07) is 8.98. The van der Waals surface area contributed by atoms with Gasteiger partial charge in [0.05, 0.1) is 25.8 Å². The number of ether oxygens (including phenoxy) is 2. The van der Waals surface area contributed by atoms with Crippen LogP contribution in [0.1, 0.15) is 61.0 Å². The maximum Gasteiger partial charge on any atom is 0.231 e. The van der Waals surface area contributed by atoms with Crippen molar-refractivity contribution < 1.29 is 24.3 Å². The Labute approximate surface area is 201 Å². The molecule has 2 heterocycles. The van der Waals surface area contributed by atoms with Gasteiger partial charge >= 0.3 is 0 Å². The Hall–Kier alpha value is -3.25. The number of nitrogens with zero attached hydrogens (tertiary/aromatic N) is 1. The second kappa shape index (κ2) is 10.3. The Morgan fingerprint density at radius 2 is 1.85 bits per heavy atom. The molecule has 4 rings (SSSR count). The molecule has 34 heavy (non-hydrogen) atoms. The number of hydrogen-bond donors (Lipinski definition) is 1. The zero-order valence-electron chi connectivity index (χ0n) is 20.6. The summed E-state index contributed by atoms with van der Waals surface area (Å²) in [5, 5.41) is 13.8. The topological polar surface area (TPSA) is 68.0 Å². The number of rotatable bonds is 10. The monoisotopic (exact) mass is 462 g/mol. The van der Waals surface area contributed by atoms with Gasteiger partial charge in [0.15, 0.2) is 5.76 Å². The maximum absolute atomic E-state index is 13.2. The maximum atomic E-state index is 13.2. The lowest BCUT2D eigenvalue weighted by molar-refractivity contribution is -0.914. The van der Waals surface area contributed by atoms with E-state index in [1.807, 2.05) is 36.0 Å². The van der Waals surface area contributed by atoms with Crippen molar-refractivity contribution in [3.63, 3.8) is 0 Å². The molecule has 0 bridgehead atoms. The molecule has 2 aromatic carbocycles. The number of methoxy groups -OCH3 is 1. The molecule has 0 saturated heterocycles. The molecular weight excluding hydrogens is 428 g/mol. The van der Waals surface area contributed by atoms with Crippen LogP contribution >= 0.6 is 0 Å². The number of nitrogens with one attached hydrogen (secondary N) is 1. The van der Waals surface area contributed by atoms with Gasteiger partial charge in [0.25, 0.3) is 0 Å². The van der Waals surface area contributed by atoms with Crippen molar-refractivity contribution in [2.24, 2.45) is 7.05 Å². The Kier molecular flexibility index (Phi) is 7.27. The summed E-state index contributed by atoms with van der Waals surface area (Å²) < 4.78 is 13.5. The molecule has 0 atom stereocenters. The van der Waals surface area contributed by atoms with Crippen molar-refractivity contribution in [3.8, 4) is 17.2 Å². The fraction of sp³-hybridized carbons (Fsp3) is 0.393. The number of ketones is 1. The molecule has 0 radical (unpaired) electrons. The number of carbonyl (C=O) groups excluding carboxylic acids is 1. The number of aryl methyl sites for hydroxylation is 1. The van der Waals surface area contributed by atoms with Crippen molar-refractivity contribution in [2.75, 3.05) is 20.2 Å². The van der Waals surface area contributed by atoms with Gasteiger partial charge in [-0.1, -0.05) is 38.5 Å². The molecule has 0 unspecified atom stereocenters. The van der Waals surface area contributed by atoms with E-state index in [4.69, 9.17) is 9.47 Å². The van der Waals surface area contributed by atoms with E-state index >= 15 is 0 Å². The summed E-state index contributed by atoms with van der Waals surface area (Å²) in [4.78, 5) is 14.6. The summed E-state index contributed by atoms with van der Waals surface area (Å²) in [7, 11) is 3.60. The molecule has 0 spiro atoms. The van der Waals surface area contributed by atoms with Crippen LogP contribution in [0.2, 0.25) is 0 Å². The fourth-order valence-corrected chi connectivity index (χ4v) is 4.65. The quantitative estimate of drug-likeness (QED) is 0.465. The van der Waals surface area contributed by atoms with Gasteiger partial charge in [-0.2, -0.15) is 0 Å². The Morgan fingerprint density at radius 3 is 2.53 bits per heavy atom. The van der Waals surface area contributed by atoms with Crippen LogP contribution < -0.4 is 19.5 Å². The number of Topliss-reactive ketones (excluding diaryl/α,β-unsaturated/α-hetero) is 1. The van der Waals surface area contributed by atoms with Gasteiger partial charge in [-0.15, -0.1) is 0 Å². The van der Waals surface area contributed by atoms with Gasteiger partial charge in [0, 0.05) is 35.3 Å². The highest BCUT2D eigenvalue weighted by Crippen LogP contribution is 2.39. The number of fused-ring (bicyclic) bond motifs is 2. The first-order valence-corrected chi connectivity index (χ1v) is 12.2. The van der Waals surface area contributed by atoms with E-state index in [9.17, 15) is 9.90 Å². The molecule has 1 aliphatic rings. The number of aromatic nitrogens is 1. The molecule has 6 nitrogen and oxygen atoms in total. The van der Waals surface area contributed by atoms with Crippen LogP contribution in [0.15, 0.2) is 42.3 Å². The highest BCUT2D eigenvalue weighted by atomic mass is 16.5. The Morgan fingerprint density at radius 1 is 1.12 bits per heavy atom. The Bertz CT molecular complexity index is 1220. The zero-order chi connectivity index (χ0) is 24.2. The minimum absolute atomic E-state index is 0.0619. The summed E-state index contributed by atoms with van der Waals surface area (Å²) in [6.45, 7) is 6.95. The number of carbonyl (C=O) groups is 1. The minimum atomic E-state index is -0.181. The number of quaternary nitrogens is 1. The predicted octanol–water partition coefficient (Wildman–Crippen LogP) is 3.86. The number of allylic oxidation sites excluding steroid dienone is 1. The van der Waals surface area contributed by atoms with E-state index in [1.54, 1.807) is 19.3 Å². The molecule has 1 aromatic heterocycles. The van der Waals surface area contributed by atoms with Crippen LogP contribution in [0.3, 0.4) is 0 Å². The lowest BCUT2D eigenvalue weighted by atomic mass is 10.0. The number of benzene rings is 2. The number of hydrogen-bond acceptors (Lipinski definition) is 4. The van der Waals surface area contributed by atoms with Crippen molar-refractivity contribution in [1.29, 1.82) is 0 Å². The molecule has 180 valence electrons. The van der Waals surface area contributed by atoms with E-state index in [1.165, 1.54) is 11.0 Å². The van der Waals surface area contributed by atoms with E-state index in [-0.39, 0.29) is 17.3 Å². The zero-order valence-corrected chi connectivity index (χ0v) is 20.6. The predicted molar refractivity (Wildman–Crippen MR) is 133 cm³/mol. The van der Waals surface area contributed by atoms with Gasteiger partial charge < -0.3 is 24.0 Å². The SMILES string of the molecule is CCCC[NH+](CCCC)Cc1c([O-])ccc2c1O/C(=C\c1cn(C)c3ccc(OC)cc13)C2=O. The molecule has 0 saturated carbocycles. The standard InChI is InChI=1S/C28H34N2O4/c1-5-7-13-30(14-8-6-2)18-23-25(31)12-10-21-27(32)26(34-28(21)23)15-19-17-29(3)24-11-9-20(33-4)16-22(19)24/h9-12,15-17,31H,5-8,13-14,18H2,1-4H3/b26-15-. The summed E-state index contributed by atoms with van der Waals surface area (Å²) in [5.41, 5.74) is 2.99. The van der Waals surface area contributed by atoms with E-state index in [0.717, 1.165) is 61.0 Å². The molecule has 1 N–H and O–H groups in total. The first-order valence-electron chi connectivity index (χ1n) is 12.2. The highest BCUT2D eigenvalue weighted by Gasteiger charge is 2.31. The second-order valence-corrected chi connectivity index (χ2v) is 9.07. The molecule has 0 aliphatic carbocycles. The van der Waals surface area contributed by atoms with Crippen LogP contribution in [-0.4, -0.2) is 30.5 Å². The first kappa shape index (κ1) is 23.9. The van der Waals surface area contributed by atoms with Crippen molar-refractivity contribution >= 4 is 22.8 Å². The molecular formula is C28H34N2O4. The highest BCUT2D eigenvalue weighted by molar-refractivity contribution is 6.15. The minimum Gasteiger partial charge on any atom is -0.872 e. The van der Waals surface area contributed by atoms with Crippen LogP contribution in [0.25, 0.3) is 17.0 Å². The van der Waals surface area contributed by atoms with E-state index < -0.39 is 0 Å². The van der Waals surface area contributed by atoms with Crippen LogP contribution in [-0.2, 0) is 13.6 Å². The Balaban J connectivity index is 1.68. The van der Waals surface area contributed by atoms with Crippen LogP contribution in [0.4, 0.5) is 0 Å². The van der Waals surface area contributed by atoms with Crippen LogP contribution in [0.5, 0.6) is 17.2 Å². The second-order valence-electron chi connectivity index (χ2n) is 9.07. The van der Waals surface area contributed by atoms with Gasteiger partial charge in [0.2, 0.25) is 5.78 Å².